The van der Waals surface area contributed by atoms with Crippen LogP contribution in [0.25, 0.3) is 0 Å². The predicted octanol–water partition coefficient (Wildman–Crippen LogP) is 1.47. The second-order valence-electron chi connectivity index (χ2n) is 5.22. The van der Waals surface area contributed by atoms with Gasteiger partial charge in [0.25, 0.3) is 0 Å². The SMILES string of the molecule is CCCN1C(=O)CC(N)C1c1cncn1C(C)C. The molecule has 2 N–H and O–H groups in total. The van der Waals surface area contributed by atoms with Crippen LogP contribution in [0, 0.1) is 0 Å². The molecule has 0 spiro atoms. The second-order valence-corrected chi connectivity index (χ2v) is 5.22. The van der Waals surface area contributed by atoms with Crippen molar-refractivity contribution in [3.05, 3.63) is 18.2 Å². The van der Waals surface area contributed by atoms with Crippen molar-refractivity contribution in [3.63, 3.8) is 0 Å². The third-order valence-electron chi connectivity index (χ3n) is 3.49. The number of carbonyl (C=O) groups is 1. The fourth-order valence-corrected chi connectivity index (χ4v) is 2.68. The summed E-state index contributed by atoms with van der Waals surface area (Å²) in [6, 6.07) is 0.175. The van der Waals surface area contributed by atoms with Crippen LogP contribution in [-0.4, -0.2) is 32.9 Å². The van der Waals surface area contributed by atoms with Crippen LogP contribution < -0.4 is 5.73 Å². The van der Waals surface area contributed by atoms with Crippen LogP contribution in [-0.2, 0) is 4.79 Å². The number of rotatable bonds is 4. The molecule has 1 fully saturated rings. The highest BCUT2D eigenvalue weighted by Crippen LogP contribution is 2.33. The van der Waals surface area contributed by atoms with Gasteiger partial charge in [-0.15, -0.1) is 0 Å². The summed E-state index contributed by atoms with van der Waals surface area (Å²) in [5.41, 5.74) is 7.20. The number of carbonyl (C=O) groups excluding carboxylic acids is 1. The summed E-state index contributed by atoms with van der Waals surface area (Å²) in [6.45, 7) is 7.06. The van der Waals surface area contributed by atoms with E-state index in [1.807, 2.05) is 17.4 Å². The Labute approximate surface area is 108 Å². The Morgan fingerprint density at radius 3 is 2.89 bits per heavy atom. The lowest BCUT2D eigenvalue weighted by molar-refractivity contribution is -0.129. The van der Waals surface area contributed by atoms with Crippen LogP contribution in [0.2, 0.25) is 0 Å². The number of hydrogen-bond acceptors (Lipinski definition) is 3. The normalized spacial score (nSPS) is 24.3. The molecule has 1 aromatic rings. The quantitative estimate of drug-likeness (QED) is 0.880. The van der Waals surface area contributed by atoms with Crippen molar-refractivity contribution in [2.75, 3.05) is 6.54 Å². The molecule has 5 heteroatoms. The molecule has 0 bridgehead atoms. The van der Waals surface area contributed by atoms with E-state index in [0.29, 0.717) is 12.5 Å². The molecule has 1 aliphatic heterocycles. The minimum absolute atomic E-state index is 0.0256. The van der Waals surface area contributed by atoms with Gasteiger partial charge in [-0.3, -0.25) is 4.79 Å². The van der Waals surface area contributed by atoms with E-state index in [-0.39, 0.29) is 18.0 Å². The average molecular weight is 250 g/mol. The Bertz CT molecular complexity index is 426. The molecule has 1 aromatic heterocycles. The summed E-state index contributed by atoms with van der Waals surface area (Å²) in [6.07, 6.45) is 5.05. The number of nitrogens with zero attached hydrogens (tertiary/aromatic N) is 3. The smallest absolute Gasteiger partial charge is 0.224 e. The van der Waals surface area contributed by atoms with Gasteiger partial charge in [0.05, 0.1) is 24.3 Å². The molecule has 100 valence electrons. The first-order chi connectivity index (χ1) is 8.56. The minimum Gasteiger partial charge on any atom is -0.332 e. The fourth-order valence-electron chi connectivity index (χ4n) is 2.68. The Morgan fingerprint density at radius 2 is 2.28 bits per heavy atom. The van der Waals surface area contributed by atoms with Crippen molar-refractivity contribution in [1.29, 1.82) is 0 Å². The predicted molar refractivity (Wildman–Crippen MR) is 69.9 cm³/mol. The van der Waals surface area contributed by atoms with Crippen molar-refractivity contribution in [2.45, 2.75) is 51.7 Å². The third kappa shape index (κ3) is 2.14. The number of hydrogen-bond donors (Lipinski definition) is 1. The summed E-state index contributed by atoms with van der Waals surface area (Å²) in [4.78, 5) is 18.1. The van der Waals surface area contributed by atoms with E-state index in [1.54, 1.807) is 0 Å². The molecule has 2 rings (SSSR count). The van der Waals surface area contributed by atoms with Crippen LogP contribution in [0.15, 0.2) is 12.5 Å². The highest BCUT2D eigenvalue weighted by molar-refractivity contribution is 5.80. The van der Waals surface area contributed by atoms with Gasteiger partial charge in [-0.1, -0.05) is 6.92 Å². The van der Waals surface area contributed by atoms with Crippen LogP contribution in [0.5, 0.6) is 0 Å². The maximum atomic E-state index is 12.0. The maximum Gasteiger partial charge on any atom is 0.224 e. The number of aromatic nitrogens is 2. The monoisotopic (exact) mass is 250 g/mol. The Kier molecular flexibility index (Phi) is 3.71. The molecule has 5 nitrogen and oxygen atoms in total. The van der Waals surface area contributed by atoms with Crippen LogP contribution in [0.4, 0.5) is 0 Å². The molecule has 2 unspecified atom stereocenters. The van der Waals surface area contributed by atoms with Crippen LogP contribution in [0.1, 0.15) is 51.4 Å². The highest BCUT2D eigenvalue weighted by Gasteiger charge is 2.39. The van der Waals surface area contributed by atoms with Gasteiger partial charge in [0.2, 0.25) is 5.91 Å². The first-order valence-corrected chi connectivity index (χ1v) is 6.63. The lowest BCUT2D eigenvalue weighted by atomic mass is 10.1. The van der Waals surface area contributed by atoms with E-state index >= 15 is 0 Å². The van der Waals surface area contributed by atoms with Crippen LogP contribution >= 0.6 is 0 Å². The van der Waals surface area contributed by atoms with Gasteiger partial charge in [0.1, 0.15) is 0 Å². The molecule has 0 saturated carbocycles. The van der Waals surface area contributed by atoms with E-state index in [4.69, 9.17) is 5.73 Å². The highest BCUT2D eigenvalue weighted by atomic mass is 16.2. The zero-order chi connectivity index (χ0) is 13.3. The largest absolute Gasteiger partial charge is 0.332 e. The molecule has 18 heavy (non-hydrogen) atoms. The topological polar surface area (TPSA) is 64.2 Å². The van der Waals surface area contributed by atoms with Gasteiger partial charge >= 0.3 is 0 Å². The van der Waals surface area contributed by atoms with Crippen molar-refractivity contribution in [1.82, 2.24) is 14.5 Å². The van der Waals surface area contributed by atoms with E-state index in [0.717, 1.165) is 18.7 Å². The lowest BCUT2D eigenvalue weighted by Gasteiger charge is -2.28. The van der Waals surface area contributed by atoms with E-state index in [9.17, 15) is 4.79 Å². The first-order valence-electron chi connectivity index (χ1n) is 6.63. The molecule has 0 radical (unpaired) electrons. The molecule has 2 heterocycles. The number of nitrogens with two attached hydrogens (primary N) is 1. The Morgan fingerprint density at radius 1 is 1.56 bits per heavy atom. The van der Waals surface area contributed by atoms with E-state index < -0.39 is 0 Å². The summed E-state index contributed by atoms with van der Waals surface area (Å²) < 4.78 is 2.10. The fraction of sp³-hybridized carbons (Fsp3) is 0.692. The molecule has 1 amide bonds. The molecule has 0 aromatic carbocycles. The lowest BCUT2D eigenvalue weighted by Crippen LogP contribution is -2.35. The molecule has 1 aliphatic rings. The van der Waals surface area contributed by atoms with Crippen molar-refractivity contribution in [3.8, 4) is 0 Å². The van der Waals surface area contributed by atoms with E-state index in [2.05, 4.69) is 30.3 Å². The number of imidazole rings is 1. The molecule has 2 atom stereocenters. The van der Waals surface area contributed by atoms with Crippen molar-refractivity contribution < 1.29 is 4.79 Å². The maximum absolute atomic E-state index is 12.0. The summed E-state index contributed by atoms with van der Waals surface area (Å²) in [5, 5.41) is 0. The average Bonchev–Trinajstić information content (AvgIpc) is 2.85. The summed E-state index contributed by atoms with van der Waals surface area (Å²) >= 11 is 0. The number of likely N-dealkylation sites (tertiary alicyclic amines) is 1. The third-order valence-corrected chi connectivity index (χ3v) is 3.49. The summed E-state index contributed by atoms with van der Waals surface area (Å²) in [5.74, 6) is 0.158. The standard InChI is InChI=1S/C13H22N4O/c1-4-5-16-12(18)6-10(14)13(16)11-7-15-8-17(11)9(2)3/h7-10,13H,4-6,14H2,1-3H3. The first kappa shape index (κ1) is 13.1. The van der Waals surface area contributed by atoms with Crippen molar-refractivity contribution >= 4 is 5.91 Å². The summed E-state index contributed by atoms with van der Waals surface area (Å²) in [7, 11) is 0. The second kappa shape index (κ2) is 5.10. The Hall–Kier alpha value is -1.36. The van der Waals surface area contributed by atoms with Crippen LogP contribution in [0.3, 0.4) is 0 Å². The Balaban J connectivity index is 2.34. The van der Waals surface area contributed by atoms with E-state index in [1.165, 1.54) is 0 Å². The van der Waals surface area contributed by atoms with Gasteiger partial charge in [0, 0.05) is 25.0 Å². The van der Waals surface area contributed by atoms with Gasteiger partial charge in [0.15, 0.2) is 0 Å². The molecular weight excluding hydrogens is 228 g/mol. The van der Waals surface area contributed by atoms with Gasteiger partial charge in [-0.25, -0.2) is 4.98 Å². The minimum atomic E-state index is -0.127. The van der Waals surface area contributed by atoms with Gasteiger partial charge in [-0.05, 0) is 20.3 Å². The van der Waals surface area contributed by atoms with Gasteiger partial charge < -0.3 is 15.2 Å². The molecule has 1 saturated heterocycles. The van der Waals surface area contributed by atoms with Gasteiger partial charge in [-0.2, -0.15) is 0 Å². The van der Waals surface area contributed by atoms with Crippen molar-refractivity contribution in [2.24, 2.45) is 5.73 Å². The molecular formula is C13H22N4O. The zero-order valence-corrected chi connectivity index (χ0v) is 11.3. The number of amides is 1. The zero-order valence-electron chi connectivity index (χ0n) is 11.3. The molecule has 0 aliphatic carbocycles.